The molecule has 0 aromatic carbocycles. The summed E-state index contributed by atoms with van der Waals surface area (Å²) in [6, 6.07) is 1.52. The number of amides is 1. The molecule has 6 heteroatoms. The van der Waals surface area contributed by atoms with Gasteiger partial charge in [-0.1, -0.05) is 0 Å². The fourth-order valence-electron chi connectivity index (χ4n) is 1.27. The molecule has 88 valence electrons. The van der Waals surface area contributed by atoms with Crippen LogP contribution in [-0.2, 0) is 4.79 Å². The predicted octanol–water partition coefficient (Wildman–Crippen LogP) is 0.735. The first-order valence-electron chi connectivity index (χ1n) is 4.85. The fraction of sp³-hybridized carbons (Fsp3) is 0.500. The van der Waals surface area contributed by atoms with Crippen molar-refractivity contribution >= 4 is 11.9 Å². The average Bonchev–Trinajstić information content (AvgIpc) is 2.63. The van der Waals surface area contributed by atoms with Crippen LogP contribution in [0.1, 0.15) is 31.3 Å². The average molecular weight is 225 g/mol. The molecule has 0 aliphatic rings. The number of rotatable bonds is 3. The van der Waals surface area contributed by atoms with E-state index < -0.39 is 11.5 Å². The van der Waals surface area contributed by atoms with Crippen LogP contribution in [0.5, 0.6) is 0 Å². The molecule has 0 atom stereocenters. The minimum absolute atomic E-state index is 0.288. The first-order valence-corrected chi connectivity index (χ1v) is 4.85. The third-order valence-corrected chi connectivity index (χ3v) is 2.08. The summed E-state index contributed by atoms with van der Waals surface area (Å²) in [5.41, 5.74) is -0.267. The van der Waals surface area contributed by atoms with E-state index in [9.17, 15) is 9.59 Å². The van der Waals surface area contributed by atoms with Crippen molar-refractivity contribution in [2.24, 2.45) is 0 Å². The normalized spacial score (nSPS) is 11.2. The number of aliphatic carboxylic acids is 1. The maximum Gasteiger partial charge on any atom is 0.323 e. The SMILES string of the molecule is CC(C)(C)N(CC(=O)O)C(=O)c1ccn[nH]1. The van der Waals surface area contributed by atoms with E-state index in [1.165, 1.54) is 17.2 Å². The van der Waals surface area contributed by atoms with Crippen LogP contribution >= 0.6 is 0 Å². The Kier molecular flexibility index (Phi) is 3.31. The first-order chi connectivity index (χ1) is 7.32. The van der Waals surface area contributed by atoms with Crippen LogP contribution in [0.25, 0.3) is 0 Å². The Bertz CT molecular complexity index is 379. The van der Waals surface area contributed by atoms with Crippen LogP contribution in [-0.4, -0.2) is 44.2 Å². The van der Waals surface area contributed by atoms with Crippen LogP contribution in [0.4, 0.5) is 0 Å². The number of nitrogens with one attached hydrogen (secondary N) is 1. The van der Waals surface area contributed by atoms with Crippen LogP contribution in [0.2, 0.25) is 0 Å². The molecule has 2 N–H and O–H groups in total. The van der Waals surface area contributed by atoms with E-state index in [1.807, 2.05) is 0 Å². The van der Waals surface area contributed by atoms with Crippen LogP contribution in [0.3, 0.4) is 0 Å². The lowest BCUT2D eigenvalue weighted by atomic mass is 10.1. The van der Waals surface area contributed by atoms with Gasteiger partial charge in [0.15, 0.2) is 0 Å². The van der Waals surface area contributed by atoms with Crippen LogP contribution in [0, 0.1) is 0 Å². The number of hydrogen-bond donors (Lipinski definition) is 2. The molecule has 0 saturated heterocycles. The molecule has 0 aliphatic heterocycles. The monoisotopic (exact) mass is 225 g/mol. The third-order valence-electron chi connectivity index (χ3n) is 2.08. The van der Waals surface area contributed by atoms with Gasteiger partial charge in [0.1, 0.15) is 12.2 Å². The van der Waals surface area contributed by atoms with Crippen molar-refractivity contribution in [3.8, 4) is 0 Å². The van der Waals surface area contributed by atoms with E-state index in [2.05, 4.69) is 10.2 Å². The number of carboxylic acids is 1. The van der Waals surface area contributed by atoms with Gasteiger partial charge in [-0.25, -0.2) is 0 Å². The van der Waals surface area contributed by atoms with Gasteiger partial charge >= 0.3 is 5.97 Å². The molecule has 1 aromatic rings. The van der Waals surface area contributed by atoms with Gasteiger partial charge in [0.05, 0.1) is 0 Å². The van der Waals surface area contributed by atoms with E-state index in [0.717, 1.165) is 0 Å². The van der Waals surface area contributed by atoms with E-state index in [-0.39, 0.29) is 18.1 Å². The second kappa shape index (κ2) is 4.34. The van der Waals surface area contributed by atoms with Gasteiger partial charge in [-0.3, -0.25) is 14.7 Å². The summed E-state index contributed by atoms with van der Waals surface area (Å²) in [5, 5.41) is 15.0. The van der Waals surface area contributed by atoms with Gasteiger partial charge in [-0.05, 0) is 26.8 Å². The van der Waals surface area contributed by atoms with Gasteiger partial charge in [-0.15, -0.1) is 0 Å². The summed E-state index contributed by atoms with van der Waals surface area (Å²) < 4.78 is 0. The van der Waals surface area contributed by atoms with Crippen molar-refractivity contribution < 1.29 is 14.7 Å². The minimum Gasteiger partial charge on any atom is -0.480 e. The summed E-state index contributed by atoms with van der Waals surface area (Å²) in [4.78, 5) is 24.0. The lowest BCUT2D eigenvalue weighted by molar-refractivity contribution is -0.138. The predicted molar refractivity (Wildman–Crippen MR) is 57.0 cm³/mol. The number of carbonyl (C=O) groups excluding carboxylic acids is 1. The van der Waals surface area contributed by atoms with Crippen molar-refractivity contribution in [1.29, 1.82) is 0 Å². The van der Waals surface area contributed by atoms with Crippen molar-refractivity contribution in [2.75, 3.05) is 6.54 Å². The van der Waals surface area contributed by atoms with Crippen LogP contribution < -0.4 is 0 Å². The molecule has 0 spiro atoms. The highest BCUT2D eigenvalue weighted by Gasteiger charge is 2.29. The lowest BCUT2D eigenvalue weighted by Crippen LogP contribution is -2.48. The van der Waals surface area contributed by atoms with Crippen LogP contribution in [0.15, 0.2) is 12.3 Å². The second-order valence-corrected chi connectivity index (χ2v) is 4.43. The molecule has 0 fully saturated rings. The molecule has 1 aromatic heterocycles. The summed E-state index contributed by atoms with van der Waals surface area (Å²) in [7, 11) is 0. The maximum absolute atomic E-state index is 12.0. The minimum atomic E-state index is -1.04. The number of H-pyrrole nitrogens is 1. The van der Waals surface area contributed by atoms with Crippen molar-refractivity contribution in [3.63, 3.8) is 0 Å². The Balaban J connectivity index is 2.94. The molecule has 0 aliphatic carbocycles. The zero-order valence-electron chi connectivity index (χ0n) is 9.52. The summed E-state index contributed by atoms with van der Waals surface area (Å²) in [6.07, 6.45) is 1.45. The van der Waals surface area contributed by atoms with Gasteiger partial charge in [-0.2, -0.15) is 5.10 Å². The van der Waals surface area contributed by atoms with E-state index in [4.69, 9.17) is 5.11 Å². The number of aromatic nitrogens is 2. The molecule has 1 rings (SSSR count). The smallest absolute Gasteiger partial charge is 0.323 e. The number of carboxylic acid groups (broad SMARTS) is 1. The highest BCUT2D eigenvalue weighted by atomic mass is 16.4. The topological polar surface area (TPSA) is 86.3 Å². The highest BCUT2D eigenvalue weighted by molar-refractivity contribution is 5.94. The number of aromatic amines is 1. The quantitative estimate of drug-likeness (QED) is 0.794. The Morgan fingerprint density at radius 2 is 2.12 bits per heavy atom. The molecule has 0 saturated carbocycles. The van der Waals surface area contributed by atoms with Gasteiger partial charge in [0.25, 0.3) is 5.91 Å². The Hall–Kier alpha value is -1.85. The summed E-state index contributed by atoms with van der Waals surface area (Å²) >= 11 is 0. The number of nitrogens with zero attached hydrogens (tertiary/aromatic N) is 2. The number of carbonyl (C=O) groups is 2. The summed E-state index contributed by atoms with van der Waals surface area (Å²) in [5.74, 6) is -1.41. The molecule has 0 radical (unpaired) electrons. The molecule has 16 heavy (non-hydrogen) atoms. The zero-order valence-corrected chi connectivity index (χ0v) is 9.52. The maximum atomic E-state index is 12.0. The number of hydrogen-bond acceptors (Lipinski definition) is 3. The van der Waals surface area contributed by atoms with E-state index >= 15 is 0 Å². The first kappa shape index (κ1) is 12.2. The highest BCUT2D eigenvalue weighted by Crippen LogP contribution is 2.15. The standard InChI is InChI=1S/C10H15N3O3/c1-10(2,3)13(6-8(14)15)9(16)7-4-5-11-12-7/h4-5H,6H2,1-3H3,(H,11,12)(H,14,15). The Labute approximate surface area is 93.3 Å². The third kappa shape index (κ3) is 2.82. The molecular formula is C10H15N3O3. The lowest BCUT2D eigenvalue weighted by Gasteiger charge is -2.33. The van der Waals surface area contributed by atoms with Crippen molar-refractivity contribution in [3.05, 3.63) is 18.0 Å². The van der Waals surface area contributed by atoms with Crippen molar-refractivity contribution in [1.82, 2.24) is 15.1 Å². The van der Waals surface area contributed by atoms with E-state index in [1.54, 1.807) is 20.8 Å². The molecule has 0 unspecified atom stereocenters. The zero-order chi connectivity index (χ0) is 12.3. The molecule has 0 bridgehead atoms. The largest absolute Gasteiger partial charge is 0.480 e. The Morgan fingerprint density at radius 3 is 2.50 bits per heavy atom. The Morgan fingerprint density at radius 1 is 1.50 bits per heavy atom. The second-order valence-electron chi connectivity index (χ2n) is 4.43. The fourth-order valence-corrected chi connectivity index (χ4v) is 1.27. The molecule has 1 heterocycles. The summed E-state index contributed by atoms with van der Waals surface area (Å²) in [6.45, 7) is 5.01. The van der Waals surface area contributed by atoms with Gasteiger partial charge in [0, 0.05) is 11.7 Å². The van der Waals surface area contributed by atoms with Gasteiger partial charge in [0.2, 0.25) is 0 Å². The molecular weight excluding hydrogens is 210 g/mol. The van der Waals surface area contributed by atoms with Gasteiger partial charge < -0.3 is 10.0 Å². The van der Waals surface area contributed by atoms with E-state index in [0.29, 0.717) is 0 Å². The molecule has 6 nitrogen and oxygen atoms in total. The molecule has 1 amide bonds. The van der Waals surface area contributed by atoms with Crippen molar-refractivity contribution in [2.45, 2.75) is 26.3 Å².